The first-order valence-electron chi connectivity index (χ1n) is 15.0. The molecule has 0 saturated heterocycles. The van der Waals surface area contributed by atoms with Gasteiger partial charge in [-0.3, -0.25) is 0 Å². The number of rotatable bonds is 22. The van der Waals surface area contributed by atoms with Gasteiger partial charge in [-0.2, -0.15) is 0 Å². The molecule has 0 aliphatic carbocycles. The first-order valence-corrected chi connectivity index (χ1v) is 15.0. The van der Waals surface area contributed by atoms with Crippen molar-refractivity contribution in [3.05, 3.63) is 0 Å². The molecule has 0 aromatic heterocycles. The Bertz CT molecular complexity index is 310. The Labute approximate surface area is 241 Å². The molecule has 0 rings (SSSR count). The third kappa shape index (κ3) is 70.0. The molecule has 0 aliphatic rings. The summed E-state index contributed by atoms with van der Waals surface area (Å²) in [5.74, 6) is -0.903. The first kappa shape index (κ1) is 45.9. The minimum Gasteiger partial charge on any atom is -0.550 e. The van der Waals surface area contributed by atoms with Crippen LogP contribution in [0.3, 0.4) is 0 Å². The van der Waals surface area contributed by atoms with Gasteiger partial charge in [-0.15, -0.1) is 0 Å². The predicted octanol–water partition coefficient (Wildman–Crippen LogP) is 7.33. The van der Waals surface area contributed by atoms with E-state index in [1.165, 1.54) is 83.5 Å². The molecule has 0 heterocycles. The second kappa shape index (κ2) is 51.7. The van der Waals surface area contributed by atoms with E-state index in [1.807, 2.05) is 0 Å². The van der Waals surface area contributed by atoms with Gasteiger partial charge < -0.3 is 25.2 Å². The van der Waals surface area contributed by atoms with E-state index in [2.05, 4.69) is 27.7 Å². The summed E-state index contributed by atoms with van der Waals surface area (Å²) in [6, 6.07) is 0. The van der Waals surface area contributed by atoms with Crippen LogP contribution in [-0.4, -0.2) is 41.1 Å². The topological polar surface area (TPSA) is 101 Å². The zero-order valence-corrected chi connectivity index (χ0v) is 26.4. The number of aliphatic hydroxyl groups is 3. The average Bonchev–Trinajstić information content (AvgIpc) is 2.84. The zero-order chi connectivity index (χ0) is 27.3. The summed E-state index contributed by atoms with van der Waals surface area (Å²) in [5, 5.41) is 34.4. The van der Waals surface area contributed by atoms with E-state index in [0.717, 1.165) is 51.4 Å². The summed E-state index contributed by atoms with van der Waals surface area (Å²) < 4.78 is 0. The molecule has 0 aromatic carbocycles. The molecule has 36 heavy (non-hydrogen) atoms. The molecule has 0 aromatic rings. The Kier molecular flexibility index (Phi) is 65.9. The molecule has 0 amide bonds. The molecule has 0 unspecified atom stereocenters. The molecule has 5 nitrogen and oxygen atoms in total. The quantitative estimate of drug-likeness (QED) is 0.0962. The fourth-order valence-corrected chi connectivity index (χ4v) is 3.11. The van der Waals surface area contributed by atoms with E-state index in [9.17, 15) is 9.90 Å². The van der Waals surface area contributed by atoms with Gasteiger partial charge in [-0.1, -0.05) is 137 Å². The Morgan fingerprint density at radius 1 is 0.444 bits per heavy atom. The van der Waals surface area contributed by atoms with E-state index < -0.39 is 5.97 Å². The third-order valence-corrected chi connectivity index (χ3v) is 5.52. The van der Waals surface area contributed by atoms with Gasteiger partial charge in [0, 0.05) is 47.5 Å². The van der Waals surface area contributed by atoms with Crippen molar-refractivity contribution in [3.63, 3.8) is 0 Å². The van der Waals surface area contributed by atoms with Gasteiger partial charge in [0.1, 0.15) is 0 Å². The van der Waals surface area contributed by atoms with Crippen LogP contribution >= 0.6 is 0 Å². The monoisotopic (exact) mass is 553 g/mol. The fraction of sp³-hybridized carbons (Fsp3) is 0.967. The number of carbonyl (C=O) groups is 1. The van der Waals surface area contributed by atoms with Gasteiger partial charge in [0.2, 0.25) is 0 Å². The van der Waals surface area contributed by atoms with Gasteiger partial charge >= 0.3 is 0 Å². The molecule has 220 valence electrons. The van der Waals surface area contributed by atoms with Crippen molar-refractivity contribution >= 4 is 5.97 Å². The minimum absolute atomic E-state index is 0. The van der Waals surface area contributed by atoms with Gasteiger partial charge in [-0.25, -0.2) is 0 Å². The van der Waals surface area contributed by atoms with Crippen molar-refractivity contribution in [2.24, 2.45) is 0 Å². The maximum absolute atomic E-state index is 10.2. The van der Waals surface area contributed by atoms with Gasteiger partial charge in [0.25, 0.3) is 0 Å². The molecule has 0 spiro atoms. The zero-order valence-electron chi connectivity index (χ0n) is 24.8. The molecule has 0 aliphatic heterocycles. The summed E-state index contributed by atoms with van der Waals surface area (Å²) in [4.78, 5) is 10.2. The van der Waals surface area contributed by atoms with Crippen LogP contribution in [0.1, 0.15) is 169 Å². The molecular weight excluding hydrogens is 488 g/mol. The van der Waals surface area contributed by atoms with Gasteiger partial charge in [0.15, 0.2) is 0 Å². The van der Waals surface area contributed by atoms with Crippen LogP contribution in [0.25, 0.3) is 0 Å². The molecule has 0 saturated carbocycles. The van der Waals surface area contributed by atoms with E-state index in [0.29, 0.717) is 19.8 Å². The molecule has 0 radical (unpaired) electrons. The van der Waals surface area contributed by atoms with Crippen LogP contribution in [0.15, 0.2) is 0 Å². The number of aliphatic carboxylic acids is 1. The standard InChI is InChI=1S/C18H36O2.3C4H10O.Ti/c1-2-3-4-5-6-7-8-9-10-11-12-13-14-15-16-17-18(19)20;3*1-2-3-4-5;/h2-17H2,1H3,(H,19,20);3*5H,2-4H2,1H3;/p-1. The van der Waals surface area contributed by atoms with Gasteiger partial charge in [-0.05, 0) is 32.1 Å². The van der Waals surface area contributed by atoms with E-state index >= 15 is 0 Å². The van der Waals surface area contributed by atoms with Crippen LogP contribution in [0.5, 0.6) is 0 Å². The first-order chi connectivity index (χ1) is 17.0. The summed E-state index contributed by atoms with van der Waals surface area (Å²) in [7, 11) is 0. The molecule has 6 heteroatoms. The predicted molar refractivity (Wildman–Crippen MR) is 151 cm³/mol. The largest absolute Gasteiger partial charge is 0.550 e. The van der Waals surface area contributed by atoms with Crippen LogP contribution < -0.4 is 5.11 Å². The number of hydrogen-bond acceptors (Lipinski definition) is 5. The second-order valence-electron chi connectivity index (χ2n) is 9.30. The number of carboxylic acids is 1. The maximum Gasteiger partial charge on any atom is 0.0430 e. The molecule has 0 bridgehead atoms. The Morgan fingerprint density at radius 3 is 0.833 bits per heavy atom. The minimum atomic E-state index is -0.903. The summed E-state index contributed by atoms with van der Waals surface area (Å²) >= 11 is 0. The Balaban J connectivity index is -0.000000163. The Morgan fingerprint density at radius 2 is 0.667 bits per heavy atom. The van der Waals surface area contributed by atoms with Crippen LogP contribution in [-0.2, 0) is 26.5 Å². The molecule has 0 atom stereocenters. The van der Waals surface area contributed by atoms with Crippen molar-refractivity contribution in [1.82, 2.24) is 0 Å². The molecule has 0 fully saturated rings. The van der Waals surface area contributed by atoms with Crippen molar-refractivity contribution in [3.8, 4) is 0 Å². The van der Waals surface area contributed by atoms with Crippen LogP contribution in [0.4, 0.5) is 0 Å². The van der Waals surface area contributed by atoms with E-state index in [-0.39, 0.29) is 28.1 Å². The smallest absolute Gasteiger partial charge is 0.0430 e. The molecule has 3 N–H and O–H groups in total. The Hall–Kier alpha value is 0.0643. The number of hydrogen-bond donors (Lipinski definition) is 3. The van der Waals surface area contributed by atoms with Crippen molar-refractivity contribution < 1.29 is 46.9 Å². The van der Waals surface area contributed by atoms with Crippen molar-refractivity contribution in [1.29, 1.82) is 0 Å². The summed E-state index contributed by atoms with van der Waals surface area (Å²) in [6.07, 6.45) is 26.0. The number of carbonyl (C=O) groups excluding carboxylic acids is 1. The summed E-state index contributed by atoms with van der Waals surface area (Å²) in [6.45, 7) is 9.45. The second-order valence-corrected chi connectivity index (χ2v) is 9.30. The summed E-state index contributed by atoms with van der Waals surface area (Å²) in [5.41, 5.74) is 0. The number of aliphatic hydroxyl groups excluding tert-OH is 3. The average molecular weight is 554 g/mol. The van der Waals surface area contributed by atoms with Crippen LogP contribution in [0, 0.1) is 0 Å². The number of unbranched alkanes of at least 4 members (excludes halogenated alkanes) is 17. The van der Waals surface area contributed by atoms with Crippen molar-refractivity contribution in [2.75, 3.05) is 19.8 Å². The van der Waals surface area contributed by atoms with Gasteiger partial charge in [0.05, 0.1) is 0 Å². The normalized spacial score (nSPS) is 9.53. The number of carboxylic acid groups (broad SMARTS) is 1. The SMILES string of the molecule is CCCCCCCCCCCCCCCCCC(=O)[O-].CCCCO.CCCCO.CCCCO.[Ti]. The maximum atomic E-state index is 10.2. The van der Waals surface area contributed by atoms with Crippen LogP contribution in [0.2, 0.25) is 0 Å². The third-order valence-electron chi connectivity index (χ3n) is 5.52. The van der Waals surface area contributed by atoms with E-state index in [4.69, 9.17) is 15.3 Å². The molecular formula is C30H65O5Ti-. The van der Waals surface area contributed by atoms with Crippen molar-refractivity contribution in [2.45, 2.75) is 169 Å². The van der Waals surface area contributed by atoms with E-state index in [1.54, 1.807) is 0 Å². The fourth-order valence-electron chi connectivity index (χ4n) is 3.11.